The zero-order valence-electron chi connectivity index (χ0n) is 13.5. The van der Waals surface area contributed by atoms with Gasteiger partial charge in [-0.1, -0.05) is 6.07 Å². The number of alkyl halides is 3. The number of carbonyl (C=O) groups excluding carboxylic acids is 1. The molecule has 5 nitrogen and oxygen atoms in total. The minimum absolute atomic E-state index is 0.0285. The van der Waals surface area contributed by atoms with Crippen molar-refractivity contribution in [3.8, 4) is 0 Å². The molecule has 2 saturated heterocycles. The molecule has 0 N–H and O–H groups in total. The third-order valence-electron chi connectivity index (χ3n) is 4.70. The standard InChI is InChI=1S/C17H16F3N3O2/c1-10-6-15(22-4-5-23-12(8-22)9-25-16(23)24)13-3-2-11(17(18,19)20)7-14(13)21-10/h2-3,6-7,12H,4-5,8-9H2,1H3. The highest BCUT2D eigenvalue weighted by Crippen LogP contribution is 2.35. The summed E-state index contributed by atoms with van der Waals surface area (Å²) in [5.74, 6) is 0. The number of carbonyl (C=O) groups is 1. The molecule has 0 bridgehead atoms. The second-order valence-electron chi connectivity index (χ2n) is 6.38. The van der Waals surface area contributed by atoms with Gasteiger partial charge in [0.1, 0.15) is 6.61 Å². The molecule has 1 aromatic heterocycles. The molecule has 2 fully saturated rings. The first kappa shape index (κ1) is 16.0. The van der Waals surface area contributed by atoms with Gasteiger partial charge in [0.05, 0.1) is 17.1 Å². The normalized spacial score (nSPS) is 20.8. The van der Waals surface area contributed by atoms with Crippen molar-refractivity contribution >= 4 is 22.7 Å². The van der Waals surface area contributed by atoms with Crippen molar-refractivity contribution in [1.82, 2.24) is 9.88 Å². The van der Waals surface area contributed by atoms with E-state index >= 15 is 0 Å². The first-order chi connectivity index (χ1) is 11.8. The highest BCUT2D eigenvalue weighted by atomic mass is 19.4. The molecular weight excluding hydrogens is 335 g/mol. The second-order valence-corrected chi connectivity index (χ2v) is 6.38. The lowest BCUT2D eigenvalue weighted by Gasteiger charge is -2.37. The Morgan fingerprint density at radius 1 is 1.24 bits per heavy atom. The van der Waals surface area contributed by atoms with Crippen LogP contribution in [0.1, 0.15) is 11.3 Å². The van der Waals surface area contributed by atoms with Gasteiger partial charge in [0, 0.05) is 36.4 Å². The first-order valence-corrected chi connectivity index (χ1v) is 8.00. The number of benzene rings is 1. The smallest absolute Gasteiger partial charge is 0.416 e. The summed E-state index contributed by atoms with van der Waals surface area (Å²) in [6.07, 6.45) is -4.69. The number of amides is 1. The van der Waals surface area contributed by atoms with Gasteiger partial charge in [0.2, 0.25) is 0 Å². The van der Waals surface area contributed by atoms with Crippen LogP contribution in [-0.2, 0) is 10.9 Å². The fraction of sp³-hybridized carbons (Fsp3) is 0.412. The Morgan fingerprint density at radius 3 is 2.80 bits per heavy atom. The van der Waals surface area contributed by atoms with Crippen molar-refractivity contribution in [2.45, 2.75) is 19.1 Å². The number of hydrogen-bond acceptors (Lipinski definition) is 4. The summed E-state index contributed by atoms with van der Waals surface area (Å²) in [5.41, 5.74) is 1.12. The lowest BCUT2D eigenvalue weighted by molar-refractivity contribution is -0.137. The molecule has 2 aliphatic rings. The van der Waals surface area contributed by atoms with Gasteiger partial charge >= 0.3 is 12.3 Å². The predicted molar refractivity (Wildman–Crippen MR) is 85.5 cm³/mol. The van der Waals surface area contributed by atoms with Crippen LogP contribution in [0.15, 0.2) is 24.3 Å². The molecule has 25 heavy (non-hydrogen) atoms. The maximum absolute atomic E-state index is 13.0. The van der Waals surface area contributed by atoms with Crippen molar-refractivity contribution in [1.29, 1.82) is 0 Å². The Labute approximate surface area is 142 Å². The maximum atomic E-state index is 13.0. The highest BCUT2D eigenvalue weighted by molar-refractivity contribution is 5.92. The van der Waals surface area contributed by atoms with Gasteiger partial charge in [-0.2, -0.15) is 13.2 Å². The summed E-state index contributed by atoms with van der Waals surface area (Å²) < 4.78 is 44.0. The van der Waals surface area contributed by atoms with Gasteiger partial charge in [-0.15, -0.1) is 0 Å². The molecule has 0 radical (unpaired) electrons. The Balaban J connectivity index is 1.73. The van der Waals surface area contributed by atoms with Crippen LogP contribution in [-0.4, -0.2) is 48.3 Å². The van der Waals surface area contributed by atoms with Crippen molar-refractivity contribution in [2.75, 3.05) is 31.1 Å². The minimum atomic E-state index is -4.40. The number of fused-ring (bicyclic) bond motifs is 2. The quantitative estimate of drug-likeness (QED) is 0.792. The number of halogens is 3. The van der Waals surface area contributed by atoms with E-state index in [1.165, 1.54) is 6.07 Å². The first-order valence-electron chi connectivity index (χ1n) is 8.00. The molecule has 2 aromatic rings. The summed E-state index contributed by atoms with van der Waals surface area (Å²) in [6, 6.07) is 5.50. The fourth-order valence-electron chi connectivity index (χ4n) is 3.48. The maximum Gasteiger partial charge on any atom is 0.416 e. The van der Waals surface area contributed by atoms with Crippen LogP contribution >= 0.6 is 0 Å². The van der Waals surface area contributed by atoms with Crippen LogP contribution in [0.3, 0.4) is 0 Å². The number of rotatable bonds is 1. The van der Waals surface area contributed by atoms with Crippen LogP contribution in [0.2, 0.25) is 0 Å². The number of anilines is 1. The van der Waals surface area contributed by atoms with Crippen LogP contribution in [0, 0.1) is 6.92 Å². The number of pyridine rings is 1. The molecule has 2 aliphatic heterocycles. The van der Waals surface area contributed by atoms with E-state index in [0.29, 0.717) is 42.8 Å². The molecule has 8 heteroatoms. The number of aromatic nitrogens is 1. The van der Waals surface area contributed by atoms with E-state index in [9.17, 15) is 18.0 Å². The Hall–Kier alpha value is -2.51. The van der Waals surface area contributed by atoms with Crippen molar-refractivity contribution in [3.63, 3.8) is 0 Å². The van der Waals surface area contributed by atoms with Crippen LogP contribution < -0.4 is 4.90 Å². The number of piperazine rings is 1. The number of hydrogen-bond donors (Lipinski definition) is 0. The average Bonchev–Trinajstić information content (AvgIpc) is 2.93. The molecule has 3 heterocycles. The SMILES string of the molecule is Cc1cc(N2CCN3C(=O)OCC3C2)c2ccc(C(F)(F)F)cc2n1. The summed E-state index contributed by atoms with van der Waals surface area (Å²) >= 11 is 0. The highest BCUT2D eigenvalue weighted by Gasteiger charge is 2.38. The summed E-state index contributed by atoms with van der Waals surface area (Å²) in [7, 11) is 0. The van der Waals surface area contributed by atoms with Gasteiger partial charge in [-0.05, 0) is 25.1 Å². The van der Waals surface area contributed by atoms with Crippen LogP contribution in [0.25, 0.3) is 10.9 Å². The largest absolute Gasteiger partial charge is 0.447 e. The lowest BCUT2D eigenvalue weighted by atomic mass is 10.1. The Morgan fingerprint density at radius 2 is 2.04 bits per heavy atom. The second kappa shape index (κ2) is 5.50. The fourth-order valence-corrected chi connectivity index (χ4v) is 3.48. The van der Waals surface area contributed by atoms with E-state index in [1.54, 1.807) is 11.8 Å². The van der Waals surface area contributed by atoms with E-state index in [-0.39, 0.29) is 12.1 Å². The number of cyclic esters (lactones) is 1. The predicted octanol–water partition coefficient (Wildman–Crippen LogP) is 3.20. The molecule has 0 spiro atoms. The summed E-state index contributed by atoms with van der Waals surface area (Å²) in [4.78, 5) is 19.7. The number of aryl methyl sites for hydroxylation is 1. The molecule has 1 amide bonds. The molecule has 1 aromatic carbocycles. The van der Waals surface area contributed by atoms with E-state index in [0.717, 1.165) is 17.8 Å². The molecular formula is C17H16F3N3O2. The van der Waals surface area contributed by atoms with Crippen molar-refractivity contribution in [2.24, 2.45) is 0 Å². The average molecular weight is 351 g/mol. The summed E-state index contributed by atoms with van der Waals surface area (Å²) in [6.45, 7) is 3.83. The molecule has 0 saturated carbocycles. The summed E-state index contributed by atoms with van der Waals surface area (Å²) in [5, 5.41) is 0.678. The Kier molecular flexibility index (Phi) is 3.52. The van der Waals surface area contributed by atoms with Crippen molar-refractivity contribution in [3.05, 3.63) is 35.5 Å². The molecule has 132 valence electrons. The molecule has 0 aliphatic carbocycles. The zero-order chi connectivity index (χ0) is 17.8. The number of nitrogens with zero attached hydrogens (tertiary/aromatic N) is 3. The monoisotopic (exact) mass is 351 g/mol. The zero-order valence-corrected chi connectivity index (χ0v) is 13.5. The lowest BCUT2D eigenvalue weighted by Crippen LogP contribution is -2.52. The van der Waals surface area contributed by atoms with E-state index in [2.05, 4.69) is 9.88 Å². The van der Waals surface area contributed by atoms with E-state index in [4.69, 9.17) is 4.74 Å². The number of ether oxygens (including phenoxy) is 1. The third kappa shape index (κ3) is 2.75. The van der Waals surface area contributed by atoms with Gasteiger partial charge in [-0.3, -0.25) is 9.88 Å². The van der Waals surface area contributed by atoms with E-state index in [1.807, 2.05) is 6.07 Å². The van der Waals surface area contributed by atoms with Gasteiger partial charge in [0.25, 0.3) is 0 Å². The van der Waals surface area contributed by atoms with Crippen molar-refractivity contribution < 1.29 is 22.7 Å². The van der Waals surface area contributed by atoms with Gasteiger partial charge in [-0.25, -0.2) is 4.79 Å². The Bertz CT molecular complexity index is 853. The topological polar surface area (TPSA) is 45.7 Å². The van der Waals surface area contributed by atoms with Crippen LogP contribution in [0.5, 0.6) is 0 Å². The van der Waals surface area contributed by atoms with Crippen LogP contribution in [0.4, 0.5) is 23.7 Å². The molecule has 1 unspecified atom stereocenters. The van der Waals surface area contributed by atoms with Gasteiger partial charge in [0.15, 0.2) is 0 Å². The van der Waals surface area contributed by atoms with Gasteiger partial charge < -0.3 is 9.64 Å². The minimum Gasteiger partial charge on any atom is -0.447 e. The molecule has 4 rings (SSSR count). The van der Waals surface area contributed by atoms with E-state index < -0.39 is 11.7 Å². The molecule has 1 atom stereocenters. The third-order valence-corrected chi connectivity index (χ3v) is 4.70.